The summed E-state index contributed by atoms with van der Waals surface area (Å²) in [6.07, 6.45) is 1.80. The minimum absolute atomic E-state index is 0.0201. The number of carbonyl (C=O) groups excluding carboxylic acids is 1. The van der Waals surface area contributed by atoms with E-state index < -0.39 is 5.56 Å². The van der Waals surface area contributed by atoms with Gasteiger partial charge in [0.15, 0.2) is 5.75 Å². The summed E-state index contributed by atoms with van der Waals surface area (Å²) in [4.78, 5) is 39.6. The van der Waals surface area contributed by atoms with Gasteiger partial charge in [0.05, 0.1) is 11.3 Å². The first-order chi connectivity index (χ1) is 14.5. The molecule has 1 aromatic heterocycles. The summed E-state index contributed by atoms with van der Waals surface area (Å²) in [6.45, 7) is 6.21. The number of aromatic hydroxyl groups is 1. The first kappa shape index (κ1) is 24.0. The molecule has 1 unspecified atom stereocenters. The largest absolute Gasteiger partial charge is 0.505 e. The van der Waals surface area contributed by atoms with Gasteiger partial charge in [-0.2, -0.15) is 0 Å². The number of hydrogen-bond donors (Lipinski definition) is 3. The van der Waals surface area contributed by atoms with E-state index in [1.54, 1.807) is 26.2 Å². The van der Waals surface area contributed by atoms with E-state index in [9.17, 15) is 19.5 Å². The summed E-state index contributed by atoms with van der Waals surface area (Å²) in [5, 5.41) is 16.7. The smallest absolute Gasteiger partial charge is 0.290 e. The Kier molecular flexibility index (Phi) is 7.54. The lowest BCUT2D eigenvalue weighted by molar-refractivity contribution is 0.0824. The number of rotatable bonds is 8. The lowest BCUT2D eigenvalue weighted by atomic mass is 10.0. The zero-order chi connectivity index (χ0) is 23.5. The van der Waals surface area contributed by atoms with Crippen molar-refractivity contribution >= 4 is 23.0 Å². The average molecular weight is 432 g/mol. The third-order valence-corrected chi connectivity index (χ3v) is 5.22. The van der Waals surface area contributed by atoms with Crippen LogP contribution < -0.4 is 21.8 Å². The maximum Gasteiger partial charge on any atom is 0.290 e. The Hall–Kier alpha value is -3.23. The number of nitrogens with one attached hydrogen (secondary N) is 2. The van der Waals surface area contributed by atoms with Crippen LogP contribution in [0, 0.1) is 5.92 Å². The number of phenolic OH excluding ortho intramolecular Hbond substituents is 1. The maximum atomic E-state index is 13.0. The molecular formula is C22H33N5O4. The molecule has 0 spiro atoms. The number of amides is 1. The van der Waals surface area contributed by atoms with Crippen LogP contribution in [0.4, 0.5) is 17.1 Å². The molecule has 0 bridgehead atoms. The molecule has 0 saturated heterocycles. The summed E-state index contributed by atoms with van der Waals surface area (Å²) in [5.41, 5.74) is -0.408. The molecule has 31 heavy (non-hydrogen) atoms. The fraction of sp³-hybridized carbons (Fsp3) is 0.500. The number of nitrogens with zero attached hydrogens (tertiary/aromatic N) is 3. The lowest BCUT2D eigenvalue weighted by Gasteiger charge is -2.21. The van der Waals surface area contributed by atoms with Crippen molar-refractivity contribution in [3.05, 3.63) is 44.5 Å². The molecule has 0 radical (unpaired) electrons. The fourth-order valence-corrected chi connectivity index (χ4v) is 3.15. The van der Waals surface area contributed by atoms with Crippen LogP contribution >= 0.6 is 0 Å². The van der Waals surface area contributed by atoms with Gasteiger partial charge in [-0.1, -0.05) is 19.9 Å². The van der Waals surface area contributed by atoms with Gasteiger partial charge in [0.25, 0.3) is 17.0 Å². The molecule has 9 nitrogen and oxygen atoms in total. The standard InChI is InChI=1S/C22H33N5O4/c1-13(2)11-12-14(3)23-17-18(22(31)27(7)26(6)21(17)30)24-16-10-8-9-15(19(16)28)20(29)25(4)5/h8-10,13-14,23-24,28H,11-12H2,1-7H3. The first-order valence-corrected chi connectivity index (χ1v) is 10.3. The average Bonchev–Trinajstić information content (AvgIpc) is 2.72. The molecule has 2 aromatic rings. The Morgan fingerprint density at radius 2 is 1.61 bits per heavy atom. The molecule has 0 fully saturated rings. The van der Waals surface area contributed by atoms with Gasteiger partial charge >= 0.3 is 0 Å². The van der Waals surface area contributed by atoms with Crippen molar-refractivity contribution in [1.29, 1.82) is 0 Å². The second-order valence-corrected chi connectivity index (χ2v) is 8.45. The normalized spacial score (nSPS) is 12.0. The van der Waals surface area contributed by atoms with Gasteiger partial charge in [-0.15, -0.1) is 0 Å². The van der Waals surface area contributed by atoms with Crippen LogP contribution in [-0.2, 0) is 14.1 Å². The lowest BCUT2D eigenvalue weighted by Crippen LogP contribution is -2.39. The van der Waals surface area contributed by atoms with E-state index >= 15 is 0 Å². The number of phenols is 1. The van der Waals surface area contributed by atoms with E-state index in [1.165, 1.54) is 34.4 Å². The van der Waals surface area contributed by atoms with Crippen molar-refractivity contribution in [2.24, 2.45) is 20.0 Å². The molecule has 3 N–H and O–H groups in total. The molecule has 1 aromatic carbocycles. The molecule has 1 atom stereocenters. The highest BCUT2D eigenvalue weighted by molar-refractivity contribution is 5.98. The summed E-state index contributed by atoms with van der Waals surface area (Å²) in [7, 11) is 6.18. The summed E-state index contributed by atoms with van der Waals surface area (Å²) in [6, 6.07) is 4.60. The van der Waals surface area contributed by atoms with Crippen LogP contribution in [0.1, 0.15) is 44.0 Å². The first-order valence-electron chi connectivity index (χ1n) is 10.3. The van der Waals surface area contributed by atoms with E-state index in [1.807, 2.05) is 6.92 Å². The molecule has 1 amide bonds. The van der Waals surface area contributed by atoms with Crippen molar-refractivity contribution in [2.45, 2.75) is 39.7 Å². The Bertz CT molecular complexity index is 1070. The molecule has 2 rings (SSSR count). The van der Waals surface area contributed by atoms with Gasteiger partial charge in [0, 0.05) is 34.2 Å². The topological polar surface area (TPSA) is 109 Å². The van der Waals surface area contributed by atoms with Gasteiger partial charge in [-0.05, 0) is 37.8 Å². The number of carbonyl (C=O) groups is 1. The quantitative estimate of drug-likeness (QED) is 0.554. The van der Waals surface area contributed by atoms with Crippen LogP contribution in [0.3, 0.4) is 0 Å². The monoisotopic (exact) mass is 431 g/mol. The summed E-state index contributed by atoms with van der Waals surface area (Å²) >= 11 is 0. The molecule has 0 aliphatic carbocycles. The SMILES string of the molecule is CC(C)CCC(C)Nc1c(Nc2cccc(C(=O)N(C)C)c2O)c(=O)n(C)n(C)c1=O. The van der Waals surface area contributed by atoms with Crippen LogP contribution in [0.25, 0.3) is 0 Å². The highest BCUT2D eigenvalue weighted by Gasteiger charge is 2.21. The number of benzene rings is 1. The molecule has 0 saturated carbocycles. The number of hydrogen-bond acceptors (Lipinski definition) is 6. The second-order valence-electron chi connectivity index (χ2n) is 8.45. The molecule has 1 heterocycles. The molecule has 170 valence electrons. The second kappa shape index (κ2) is 9.72. The fourth-order valence-electron chi connectivity index (χ4n) is 3.15. The summed E-state index contributed by atoms with van der Waals surface area (Å²) < 4.78 is 2.43. The van der Waals surface area contributed by atoms with Crippen molar-refractivity contribution in [2.75, 3.05) is 24.7 Å². The number of anilines is 3. The maximum absolute atomic E-state index is 13.0. The van der Waals surface area contributed by atoms with Gasteiger partial charge in [-0.25, -0.2) is 9.36 Å². The minimum atomic E-state index is -0.440. The van der Waals surface area contributed by atoms with Crippen molar-refractivity contribution < 1.29 is 9.90 Å². The number of aromatic nitrogens is 2. The van der Waals surface area contributed by atoms with Crippen LogP contribution in [0.2, 0.25) is 0 Å². The van der Waals surface area contributed by atoms with E-state index in [2.05, 4.69) is 24.5 Å². The van der Waals surface area contributed by atoms with E-state index in [-0.39, 0.29) is 45.9 Å². The van der Waals surface area contributed by atoms with Gasteiger partial charge in [0.1, 0.15) is 11.4 Å². The third kappa shape index (κ3) is 5.28. The van der Waals surface area contributed by atoms with E-state index in [4.69, 9.17) is 0 Å². The van der Waals surface area contributed by atoms with Gasteiger partial charge in [-0.3, -0.25) is 14.4 Å². The molecule has 0 aliphatic heterocycles. The molecular weight excluding hydrogens is 398 g/mol. The zero-order valence-corrected chi connectivity index (χ0v) is 19.3. The van der Waals surface area contributed by atoms with Crippen LogP contribution in [0.15, 0.2) is 27.8 Å². The molecule has 0 aliphatic rings. The minimum Gasteiger partial charge on any atom is -0.505 e. The predicted molar refractivity (Wildman–Crippen MR) is 123 cm³/mol. The Morgan fingerprint density at radius 1 is 1.03 bits per heavy atom. The van der Waals surface area contributed by atoms with Crippen LogP contribution in [-0.4, -0.2) is 45.4 Å². The van der Waals surface area contributed by atoms with Crippen molar-refractivity contribution in [1.82, 2.24) is 14.3 Å². The highest BCUT2D eigenvalue weighted by Crippen LogP contribution is 2.31. The van der Waals surface area contributed by atoms with Crippen molar-refractivity contribution in [3.8, 4) is 5.75 Å². The predicted octanol–water partition coefficient (Wildman–Crippen LogP) is 2.47. The van der Waals surface area contributed by atoms with Gasteiger partial charge in [0.2, 0.25) is 0 Å². The third-order valence-electron chi connectivity index (χ3n) is 5.22. The Labute approximate surface area is 182 Å². The van der Waals surface area contributed by atoms with E-state index in [0.717, 1.165) is 12.8 Å². The molecule has 9 heteroatoms. The highest BCUT2D eigenvalue weighted by atomic mass is 16.3. The zero-order valence-electron chi connectivity index (χ0n) is 19.3. The Balaban J connectivity index is 2.54. The number of para-hydroxylation sites is 1. The van der Waals surface area contributed by atoms with Crippen LogP contribution in [0.5, 0.6) is 5.75 Å². The van der Waals surface area contributed by atoms with E-state index in [0.29, 0.717) is 5.92 Å². The van der Waals surface area contributed by atoms with Crippen molar-refractivity contribution in [3.63, 3.8) is 0 Å². The Morgan fingerprint density at radius 3 is 2.16 bits per heavy atom. The van der Waals surface area contributed by atoms with Gasteiger partial charge < -0.3 is 20.6 Å². The summed E-state index contributed by atoms with van der Waals surface area (Å²) in [5.74, 6) is -0.149.